The summed E-state index contributed by atoms with van der Waals surface area (Å²) >= 11 is 0. The third-order valence-corrected chi connectivity index (χ3v) is 1.08. The van der Waals surface area contributed by atoms with E-state index >= 15 is 0 Å². The van der Waals surface area contributed by atoms with Gasteiger partial charge in [0.2, 0.25) is 0 Å². The molecule has 3 nitrogen and oxygen atoms in total. The van der Waals surface area contributed by atoms with Crippen molar-refractivity contribution in [2.24, 2.45) is 5.73 Å². The van der Waals surface area contributed by atoms with Crippen LogP contribution in [0.4, 0.5) is 0 Å². The number of carbonyl (C=O) groups is 1. The summed E-state index contributed by atoms with van der Waals surface area (Å²) in [5.74, 6) is 0.219. The molecular weight excluding hydrogens is 130 g/mol. The van der Waals surface area contributed by atoms with Crippen molar-refractivity contribution >= 4 is 5.78 Å². The number of hydrogen-bond acceptors (Lipinski definition) is 3. The maximum Gasteiger partial charge on any atom is 0.129 e. The molecule has 0 aromatic heterocycles. The molecule has 3 heteroatoms. The zero-order valence-corrected chi connectivity index (χ0v) is 6.43. The zero-order valence-electron chi connectivity index (χ0n) is 6.43. The SMILES string of the molecule is CC(=O)CCCOCCN. The summed E-state index contributed by atoms with van der Waals surface area (Å²) in [6.07, 6.45) is 1.43. The van der Waals surface area contributed by atoms with Gasteiger partial charge in [0.15, 0.2) is 0 Å². The Morgan fingerprint density at radius 3 is 2.70 bits per heavy atom. The fourth-order valence-electron chi connectivity index (χ4n) is 0.609. The number of ether oxygens (including phenoxy) is 1. The Hall–Kier alpha value is -0.410. The molecule has 0 heterocycles. The van der Waals surface area contributed by atoms with E-state index in [1.165, 1.54) is 0 Å². The summed E-state index contributed by atoms with van der Waals surface area (Å²) in [7, 11) is 0. The molecular formula is C7H15NO2. The predicted octanol–water partition coefficient (Wildman–Crippen LogP) is 0.331. The fraction of sp³-hybridized carbons (Fsp3) is 0.857. The molecule has 0 bridgehead atoms. The lowest BCUT2D eigenvalue weighted by Crippen LogP contribution is -2.09. The molecule has 0 unspecified atom stereocenters. The lowest BCUT2D eigenvalue weighted by Gasteiger charge is -1.99. The molecule has 0 saturated carbocycles. The number of rotatable bonds is 6. The molecule has 0 rings (SSSR count). The molecule has 0 aromatic rings. The minimum Gasteiger partial charge on any atom is -0.380 e. The largest absolute Gasteiger partial charge is 0.380 e. The van der Waals surface area contributed by atoms with Gasteiger partial charge < -0.3 is 15.3 Å². The summed E-state index contributed by atoms with van der Waals surface area (Å²) in [4.78, 5) is 10.4. The van der Waals surface area contributed by atoms with Crippen molar-refractivity contribution in [2.45, 2.75) is 19.8 Å². The van der Waals surface area contributed by atoms with Crippen molar-refractivity contribution in [3.8, 4) is 0 Å². The van der Waals surface area contributed by atoms with E-state index in [1.54, 1.807) is 6.92 Å². The van der Waals surface area contributed by atoms with Crippen LogP contribution in [0.25, 0.3) is 0 Å². The van der Waals surface area contributed by atoms with E-state index in [1.807, 2.05) is 0 Å². The van der Waals surface area contributed by atoms with Crippen LogP contribution in [-0.4, -0.2) is 25.5 Å². The Morgan fingerprint density at radius 1 is 1.50 bits per heavy atom. The highest BCUT2D eigenvalue weighted by atomic mass is 16.5. The van der Waals surface area contributed by atoms with E-state index in [0.29, 0.717) is 26.2 Å². The summed E-state index contributed by atoms with van der Waals surface area (Å²) in [5, 5.41) is 0. The lowest BCUT2D eigenvalue weighted by molar-refractivity contribution is -0.117. The second-order valence-electron chi connectivity index (χ2n) is 2.21. The first-order valence-corrected chi connectivity index (χ1v) is 3.54. The summed E-state index contributed by atoms with van der Waals surface area (Å²) in [5.41, 5.74) is 5.18. The van der Waals surface area contributed by atoms with E-state index in [2.05, 4.69) is 0 Å². The van der Waals surface area contributed by atoms with Crippen LogP contribution in [0.1, 0.15) is 19.8 Å². The van der Waals surface area contributed by atoms with Crippen molar-refractivity contribution in [1.82, 2.24) is 0 Å². The van der Waals surface area contributed by atoms with E-state index in [9.17, 15) is 4.79 Å². The van der Waals surface area contributed by atoms with Crippen molar-refractivity contribution in [3.63, 3.8) is 0 Å². The Kier molecular flexibility index (Phi) is 6.43. The van der Waals surface area contributed by atoms with E-state index in [0.717, 1.165) is 6.42 Å². The predicted molar refractivity (Wildman–Crippen MR) is 39.8 cm³/mol. The van der Waals surface area contributed by atoms with Crippen LogP contribution < -0.4 is 5.73 Å². The van der Waals surface area contributed by atoms with Gasteiger partial charge >= 0.3 is 0 Å². The van der Waals surface area contributed by atoms with Gasteiger partial charge in [-0.1, -0.05) is 0 Å². The second-order valence-corrected chi connectivity index (χ2v) is 2.21. The smallest absolute Gasteiger partial charge is 0.129 e. The fourth-order valence-corrected chi connectivity index (χ4v) is 0.609. The molecule has 0 atom stereocenters. The van der Waals surface area contributed by atoms with Gasteiger partial charge in [-0.2, -0.15) is 0 Å². The number of carbonyl (C=O) groups excluding carboxylic acids is 1. The molecule has 0 aliphatic heterocycles. The molecule has 0 spiro atoms. The van der Waals surface area contributed by atoms with Crippen LogP contribution in [0, 0.1) is 0 Å². The standard InChI is InChI=1S/C7H15NO2/c1-7(9)3-2-5-10-6-4-8/h2-6,8H2,1H3. The average molecular weight is 145 g/mol. The number of ketones is 1. The normalized spacial score (nSPS) is 9.80. The molecule has 2 N–H and O–H groups in total. The maximum atomic E-state index is 10.4. The van der Waals surface area contributed by atoms with Gasteiger partial charge in [-0.25, -0.2) is 0 Å². The monoisotopic (exact) mass is 145 g/mol. The minimum atomic E-state index is 0.219. The second kappa shape index (κ2) is 6.71. The topological polar surface area (TPSA) is 52.3 Å². The molecule has 60 valence electrons. The van der Waals surface area contributed by atoms with E-state index in [4.69, 9.17) is 10.5 Å². The summed E-state index contributed by atoms with van der Waals surface area (Å²) < 4.78 is 5.06. The number of hydrogen-bond donors (Lipinski definition) is 1. The molecule has 0 amide bonds. The molecule has 0 radical (unpaired) electrons. The van der Waals surface area contributed by atoms with Crippen molar-refractivity contribution < 1.29 is 9.53 Å². The van der Waals surface area contributed by atoms with E-state index in [-0.39, 0.29) is 5.78 Å². The molecule has 0 saturated heterocycles. The minimum absolute atomic E-state index is 0.219. The molecule has 0 aliphatic rings. The van der Waals surface area contributed by atoms with Gasteiger partial charge in [0, 0.05) is 19.6 Å². The Balaban J connectivity index is 2.84. The van der Waals surface area contributed by atoms with Crippen LogP contribution in [0.5, 0.6) is 0 Å². The van der Waals surface area contributed by atoms with E-state index < -0.39 is 0 Å². The Bertz CT molecular complexity index is 93.6. The summed E-state index contributed by atoms with van der Waals surface area (Å²) in [6.45, 7) is 3.39. The van der Waals surface area contributed by atoms with Crippen LogP contribution in [0.15, 0.2) is 0 Å². The highest BCUT2D eigenvalue weighted by molar-refractivity contribution is 5.75. The zero-order chi connectivity index (χ0) is 7.82. The Morgan fingerprint density at radius 2 is 2.20 bits per heavy atom. The van der Waals surface area contributed by atoms with Gasteiger partial charge in [-0.15, -0.1) is 0 Å². The number of nitrogens with two attached hydrogens (primary N) is 1. The van der Waals surface area contributed by atoms with Crippen LogP contribution >= 0.6 is 0 Å². The van der Waals surface area contributed by atoms with Gasteiger partial charge in [0.1, 0.15) is 5.78 Å². The molecule has 10 heavy (non-hydrogen) atoms. The first-order chi connectivity index (χ1) is 4.77. The average Bonchev–Trinajstić information content (AvgIpc) is 1.87. The first-order valence-electron chi connectivity index (χ1n) is 3.54. The highest BCUT2D eigenvalue weighted by Crippen LogP contribution is 1.90. The quantitative estimate of drug-likeness (QED) is 0.548. The third-order valence-electron chi connectivity index (χ3n) is 1.08. The van der Waals surface area contributed by atoms with Gasteiger partial charge in [-0.3, -0.25) is 0 Å². The first kappa shape index (κ1) is 9.59. The van der Waals surface area contributed by atoms with Gasteiger partial charge in [0.25, 0.3) is 0 Å². The molecule has 0 aliphatic carbocycles. The van der Waals surface area contributed by atoms with Crippen molar-refractivity contribution in [2.75, 3.05) is 19.8 Å². The van der Waals surface area contributed by atoms with Crippen LogP contribution in [0.3, 0.4) is 0 Å². The third kappa shape index (κ3) is 7.59. The van der Waals surface area contributed by atoms with Crippen molar-refractivity contribution in [1.29, 1.82) is 0 Å². The van der Waals surface area contributed by atoms with Crippen LogP contribution in [-0.2, 0) is 9.53 Å². The number of Topliss-reactive ketones (excluding diaryl/α,β-unsaturated/α-hetero) is 1. The lowest BCUT2D eigenvalue weighted by atomic mass is 10.2. The van der Waals surface area contributed by atoms with Gasteiger partial charge in [0.05, 0.1) is 6.61 Å². The van der Waals surface area contributed by atoms with Gasteiger partial charge in [-0.05, 0) is 13.3 Å². The van der Waals surface area contributed by atoms with Crippen LogP contribution in [0.2, 0.25) is 0 Å². The maximum absolute atomic E-state index is 10.4. The highest BCUT2D eigenvalue weighted by Gasteiger charge is 1.91. The molecule has 0 fully saturated rings. The Labute approximate surface area is 61.5 Å². The van der Waals surface area contributed by atoms with Crippen molar-refractivity contribution in [3.05, 3.63) is 0 Å². The summed E-state index contributed by atoms with van der Waals surface area (Å²) in [6, 6.07) is 0. The molecule has 0 aromatic carbocycles.